The van der Waals surface area contributed by atoms with Crippen LogP contribution in [0.1, 0.15) is 58.3 Å². The van der Waals surface area contributed by atoms with Crippen molar-refractivity contribution < 1.29 is 52.5 Å². The number of thioether (sulfide) groups is 1. The second-order valence-corrected chi connectivity index (χ2v) is 13.7. The predicted molar refractivity (Wildman–Crippen MR) is 195 cm³/mol. The zero-order valence-electron chi connectivity index (χ0n) is 30.6. The van der Waals surface area contributed by atoms with Gasteiger partial charge in [0.15, 0.2) is 0 Å². The lowest BCUT2D eigenvalue weighted by Crippen LogP contribution is -2.49. The molecule has 2 unspecified atom stereocenters. The monoisotopic (exact) mass is 774 g/mol. The lowest BCUT2D eigenvalue weighted by atomic mass is 10.0. The van der Waals surface area contributed by atoms with E-state index in [4.69, 9.17) is 24.7 Å². The largest absolute Gasteiger partial charge is 0.377 e. The highest BCUT2D eigenvalue weighted by atomic mass is 32.2. The number of nitrogens with two attached hydrogens (primary N) is 1. The minimum absolute atomic E-state index is 0.0440. The summed E-state index contributed by atoms with van der Waals surface area (Å²) in [6.07, 6.45) is 4.77. The van der Waals surface area contributed by atoms with Crippen LogP contribution in [0.5, 0.6) is 0 Å². The number of carbonyl (C=O) groups is 7. The zero-order valence-corrected chi connectivity index (χ0v) is 31.5. The van der Waals surface area contributed by atoms with Gasteiger partial charge in [-0.15, -0.1) is 0 Å². The molecule has 2 saturated heterocycles. The fourth-order valence-electron chi connectivity index (χ4n) is 5.34. The number of primary amides is 1. The van der Waals surface area contributed by atoms with Crippen molar-refractivity contribution in [3.63, 3.8) is 0 Å². The van der Waals surface area contributed by atoms with E-state index in [2.05, 4.69) is 37.2 Å². The lowest BCUT2D eigenvalue weighted by molar-refractivity contribution is -0.132. The molecule has 2 rings (SSSR count). The summed E-state index contributed by atoms with van der Waals surface area (Å²) >= 11 is 1.85. The molecule has 2 aliphatic heterocycles. The molecule has 0 aliphatic carbocycles. The van der Waals surface area contributed by atoms with Gasteiger partial charge in [0.25, 0.3) is 0 Å². The first kappa shape index (κ1) is 45.4. The lowest BCUT2D eigenvalue weighted by Gasteiger charge is -2.18. The van der Waals surface area contributed by atoms with Crippen molar-refractivity contribution in [2.24, 2.45) is 5.73 Å². The third-order valence-corrected chi connectivity index (χ3v) is 9.59. The Balaban J connectivity index is 1.49. The summed E-state index contributed by atoms with van der Waals surface area (Å²) in [5.41, 5.74) is 5.13. The molecule has 53 heavy (non-hydrogen) atoms. The Morgan fingerprint density at radius 2 is 1.40 bits per heavy atom. The molecule has 302 valence electrons. The first-order chi connectivity index (χ1) is 25.6. The van der Waals surface area contributed by atoms with Crippen molar-refractivity contribution in [1.29, 1.82) is 0 Å². The Hall–Kier alpha value is -3.72. The maximum absolute atomic E-state index is 12.6. The molecule has 2 heterocycles. The van der Waals surface area contributed by atoms with Gasteiger partial charge in [-0.1, -0.05) is 13.3 Å². The maximum atomic E-state index is 12.6. The van der Waals surface area contributed by atoms with Crippen molar-refractivity contribution in [2.45, 2.75) is 81.7 Å². The van der Waals surface area contributed by atoms with Crippen molar-refractivity contribution in [1.82, 2.24) is 37.2 Å². The molecule has 0 aromatic rings. The summed E-state index contributed by atoms with van der Waals surface area (Å²) in [6, 6.07) is -0.689. The molecule has 8 amide bonds. The molecule has 0 aromatic carbocycles. The molecule has 0 aromatic heterocycles. The van der Waals surface area contributed by atoms with Crippen LogP contribution in [0.4, 0.5) is 4.79 Å². The maximum Gasteiger partial charge on any atom is 0.315 e. The third kappa shape index (κ3) is 21.5. The van der Waals surface area contributed by atoms with Gasteiger partial charge >= 0.3 is 6.03 Å². The first-order valence-electron chi connectivity index (χ1n) is 18.2. The van der Waals surface area contributed by atoms with E-state index in [0.29, 0.717) is 57.2 Å². The van der Waals surface area contributed by atoms with Crippen molar-refractivity contribution >= 4 is 53.2 Å². The number of unbranched alkanes of at least 4 members (excludes halogenated alkanes) is 2. The van der Waals surface area contributed by atoms with Crippen LogP contribution in [-0.4, -0.2) is 150 Å². The first-order valence-corrected chi connectivity index (χ1v) is 19.3. The Morgan fingerprint density at radius 1 is 0.755 bits per heavy atom. The van der Waals surface area contributed by atoms with Gasteiger partial charge < -0.3 is 61.9 Å². The van der Waals surface area contributed by atoms with E-state index >= 15 is 0 Å². The van der Waals surface area contributed by atoms with Crippen molar-refractivity contribution in [2.75, 3.05) is 84.8 Å². The third-order valence-electron chi connectivity index (χ3n) is 8.08. The number of ether oxygens (including phenoxy) is 4. The normalized spacial score (nSPS) is 17.9. The van der Waals surface area contributed by atoms with Gasteiger partial charge in [0.05, 0.1) is 58.3 Å². The fourth-order valence-corrected chi connectivity index (χ4v) is 6.88. The molecule has 19 nitrogen and oxygen atoms in total. The Kier molecular flexibility index (Phi) is 23.9. The standard InChI is InChI=1S/C33H58N8O11S/c1-2-27(43)36-11-13-49-15-17-51-20-29(45)37-12-14-50-16-18-52-21-30(46)39-23(32(47)38-19-26(34)42)7-5-6-10-35-28(44)9-4-3-8-25-31-24(22-53-25)40-33(48)41-31/h23-25,31H,2-22H2,1H3,(H2,34,42)(H,35,44)(H,36,43)(H,37,45)(H,38,47)(H,39,46)(H2,40,41,48)/t23-,24?,25+,31?/m0/s1. The number of hydrogen-bond donors (Lipinski definition) is 8. The highest BCUT2D eigenvalue weighted by Gasteiger charge is 2.42. The molecule has 20 heteroatoms. The molecule has 0 spiro atoms. The number of nitrogens with one attached hydrogen (secondary N) is 7. The number of urea groups is 1. The van der Waals surface area contributed by atoms with Crippen LogP contribution in [0.25, 0.3) is 0 Å². The van der Waals surface area contributed by atoms with E-state index in [0.717, 1.165) is 25.0 Å². The van der Waals surface area contributed by atoms with E-state index in [1.54, 1.807) is 6.92 Å². The van der Waals surface area contributed by atoms with Gasteiger partial charge in [-0.2, -0.15) is 11.8 Å². The van der Waals surface area contributed by atoms with E-state index in [-0.39, 0.29) is 95.0 Å². The number of amides is 8. The number of hydrogen-bond acceptors (Lipinski definition) is 12. The van der Waals surface area contributed by atoms with Gasteiger partial charge in [-0.25, -0.2) is 4.79 Å². The fraction of sp³-hybridized carbons (Fsp3) is 0.788. The smallest absolute Gasteiger partial charge is 0.315 e. The molecule has 4 atom stereocenters. The molecule has 0 radical (unpaired) electrons. The van der Waals surface area contributed by atoms with Crippen LogP contribution >= 0.6 is 11.8 Å². The van der Waals surface area contributed by atoms with Crippen LogP contribution < -0.4 is 43.0 Å². The molecular formula is C33H58N8O11S. The number of rotatable bonds is 31. The van der Waals surface area contributed by atoms with Gasteiger partial charge in [0, 0.05) is 43.5 Å². The summed E-state index contributed by atoms with van der Waals surface area (Å²) in [5.74, 6) is -1.31. The summed E-state index contributed by atoms with van der Waals surface area (Å²) < 4.78 is 21.2. The summed E-state index contributed by atoms with van der Waals surface area (Å²) in [6.45, 7) is 3.42. The minimum atomic E-state index is -0.926. The van der Waals surface area contributed by atoms with E-state index in [1.807, 2.05) is 11.8 Å². The van der Waals surface area contributed by atoms with E-state index in [9.17, 15) is 33.6 Å². The molecule has 2 fully saturated rings. The van der Waals surface area contributed by atoms with Crippen LogP contribution in [-0.2, 0) is 47.7 Å². The zero-order chi connectivity index (χ0) is 38.7. The summed E-state index contributed by atoms with van der Waals surface area (Å²) in [5, 5.41) is 19.5. The molecular weight excluding hydrogens is 716 g/mol. The van der Waals surface area contributed by atoms with E-state index in [1.165, 1.54) is 0 Å². The van der Waals surface area contributed by atoms with Crippen LogP contribution in [0.2, 0.25) is 0 Å². The molecule has 0 bridgehead atoms. The highest BCUT2D eigenvalue weighted by molar-refractivity contribution is 8.00. The SMILES string of the molecule is CCC(=O)NCCOCCOCC(=O)NCCOCCOCC(=O)N[C@@H](CCCCNC(=O)CCCC[C@H]1SCC2NC(=O)NC21)C(=O)NCC(N)=O. The Bertz CT molecular complexity index is 1170. The highest BCUT2D eigenvalue weighted by Crippen LogP contribution is 2.33. The molecule has 9 N–H and O–H groups in total. The molecule has 0 saturated carbocycles. The van der Waals surface area contributed by atoms with Crippen molar-refractivity contribution in [3.8, 4) is 0 Å². The van der Waals surface area contributed by atoms with Crippen LogP contribution in [0, 0.1) is 0 Å². The van der Waals surface area contributed by atoms with Gasteiger partial charge in [0.1, 0.15) is 19.3 Å². The van der Waals surface area contributed by atoms with E-state index < -0.39 is 23.8 Å². The Morgan fingerprint density at radius 3 is 2.08 bits per heavy atom. The summed E-state index contributed by atoms with van der Waals surface area (Å²) in [7, 11) is 0. The van der Waals surface area contributed by atoms with Crippen LogP contribution in [0.15, 0.2) is 0 Å². The number of carbonyl (C=O) groups excluding carboxylic acids is 7. The number of fused-ring (bicyclic) bond motifs is 1. The average Bonchev–Trinajstić information content (AvgIpc) is 3.69. The van der Waals surface area contributed by atoms with Crippen molar-refractivity contribution in [3.05, 3.63) is 0 Å². The second kappa shape index (κ2) is 27.8. The topological polar surface area (TPSA) is 267 Å². The van der Waals surface area contributed by atoms with Gasteiger partial charge in [-0.05, 0) is 32.1 Å². The van der Waals surface area contributed by atoms with Gasteiger partial charge in [0.2, 0.25) is 35.4 Å². The quantitative estimate of drug-likeness (QED) is 0.0276. The summed E-state index contributed by atoms with van der Waals surface area (Å²) in [4.78, 5) is 82.9. The second-order valence-electron chi connectivity index (χ2n) is 12.4. The van der Waals surface area contributed by atoms with Gasteiger partial charge in [-0.3, -0.25) is 28.8 Å². The predicted octanol–water partition coefficient (Wildman–Crippen LogP) is -2.21. The molecule has 2 aliphatic rings. The average molecular weight is 775 g/mol. The van der Waals surface area contributed by atoms with Crippen LogP contribution in [0.3, 0.4) is 0 Å². The Labute approximate surface area is 314 Å². The minimum Gasteiger partial charge on any atom is -0.377 e.